The van der Waals surface area contributed by atoms with Crippen LogP contribution >= 0.6 is 0 Å². The average molecular weight is 251 g/mol. The van der Waals surface area contributed by atoms with Gasteiger partial charge in [0.05, 0.1) is 5.92 Å². The molecule has 0 radical (unpaired) electrons. The fraction of sp³-hybridized carbons (Fsp3) is 1.00. The normalized spacial score (nSPS) is 30.0. The van der Waals surface area contributed by atoms with Gasteiger partial charge in [-0.25, -0.2) is 0 Å². The summed E-state index contributed by atoms with van der Waals surface area (Å²) in [4.78, 5) is 0. The Bertz CT molecular complexity index is 227. The Balaban J connectivity index is 2.64. The Labute approximate surface area is 102 Å². The monoisotopic (exact) mass is 251 g/mol. The smallest absolute Gasteiger partial charge is 0.327 e. The van der Waals surface area contributed by atoms with Crippen LogP contribution in [0.5, 0.6) is 0 Å². The van der Waals surface area contributed by atoms with Gasteiger partial charge in [-0.3, -0.25) is 0 Å². The number of halogens is 3. The van der Waals surface area contributed by atoms with E-state index in [0.717, 1.165) is 12.8 Å². The summed E-state index contributed by atoms with van der Waals surface area (Å²) in [5, 5.41) is 0. The van der Waals surface area contributed by atoms with Crippen LogP contribution in [0.3, 0.4) is 0 Å². The third kappa shape index (κ3) is 4.16. The van der Waals surface area contributed by atoms with Gasteiger partial charge in [0.25, 0.3) is 0 Å². The summed E-state index contributed by atoms with van der Waals surface area (Å²) < 4.78 is 38.7. The lowest BCUT2D eigenvalue weighted by Gasteiger charge is -2.37. The van der Waals surface area contributed by atoms with Gasteiger partial charge in [-0.2, -0.15) is 13.2 Å². The van der Waals surface area contributed by atoms with Gasteiger partial charge in [-0.1, -0.05) is 33.1 Å². The number of nitrogens with two attached hydrogens (primary N) is 1. The lowest BCUT2D eigenvalue weighted by molar-refractivity contribution is -0.198. The second kappa shape index (κ2) is 6.07. The number of hydrogen-bond donors (Lipinski definition) is 1. The molecule has 1 fully saturated rings. The second-order valence-electron chi connectivity index (χ2n) is 5.51. The first-order valence-electron chi connectivity index (χ1n) is 6.68. The molecule has 1 rings (SSSR count). The van der Waals surface area contributed by atoms with Crippen LogP contribution in [0.1, 0.15) is 52.4 Å². The Morgan fingerprint density at radius 2 is 1.82 bits per heavy atom. The molecule has 4 heteroatoms. The first-order valence-corrected chi connectivity index (χ1v) is 6.68. The molecule has 1 aliphatic rings. The van der Waals surface area contributed by atoms with Crippen molar-refractivity contribution in [3.05, 3.63) is 0 Å². The van der Waals surface area contributed by atoms with E-state index >= 15 is 0 Å². The zero-order valence-corrected chi connectivity index (χ0v) is 10.8. The predicted octanol–water partition coefficient (Wildman–Crippen LogP) is 4.12. The van der Waals surface area contributed by atoms with Gasteiger partial charge in [0, 0.05) is 6.04 Å². The maximum atomic E-state index is 12.9. The molecule has 17 heavy (non-hydrogen) atoms. The van der Waals surface area contributed by atoms with Gasteiger partial charge in [0.15, 0.2) is 0 Å². The minimum Gasteiger partial charge on any atom is -0.327 e. The topological polar surface area (TPSA) is 26.0 Å². The zero-order valence-electron chi connectivity index (χ0n) is 10.8. The van der Waals surface area contributed by atoms with E-state index in [0.29, 0.717) is 25.2 Å². The van der Waals surface area contributed by atoms with Crippen LogP contribution in [0.15, 0.2) is 0 Å². The molecular formula is C13H24F3N. The summed E-state index contributed by atoms with van der Waals surface area (Å²) in [6.45, 7) is 4.12. The Morgan fingerprint density at radius 1 is 1.24 bits per heavy atom. The van der Waals surface area contributed by atoms with E-state index in [9.17, 15) is 13.2 Å². The van der Waals surface area contributed by atoms with E-state index in [1.807, 2.05) is 0 Å². The van der Waals surface area contributed by atoms with Gasteiger partial charge in [-0.05, 0) is 31.1 Å². The van der Waals surface area contributed by atoms with Crippen LogP contribution in [0.4, 0.5) is 13.2 Å². The summed E-state index contributed by atoms with van der Waals surface area (Å²) in [7, 11) is 0. The molecule has 1 nitrogen and oxygen atoms in total. The molecule has 4 atom stereocenters. The van der Waals surface area contributed by atoms with Crippen molar-refractivity contribution >= 4 is 0 Å². The predicted molar refractivity (Wildman–Crippen MR) is 63.6 cm³/mol. The molecule has 0 aromatic carbocycles. The standard InChI is InChI=1S/C13H24F3N/c1-3-9(2)8-12(17)10-6-4-5-7-11(10)13(14,15)16/h9-12H,3-8,17H2,1-2H3. The maximum Gasteiger partial charge on any atom is 0.392 e. The van der Waals surface area contributed by atoms with Crippen molar-refractivity contribution in [2.75, 3.05) is 0 Å². The fourth-order valence-electron chi connectivity index (χ4n) is 2.88. The van der Waals surface area contributed by atoms with Crippen LogP contribution in [0.25, 0.3) is 0 Å². The number of rotatable bonds is 4. The van der Waals surface area contributed by atoms with Gasteiger partial charge >= 0.3 is 6.18 Å². The molecule has 4 unspecified atom stereocenters. The molecule has 0 aromatic rings. The quantitative estimate of drug-likeness (QED) is 0.799. The lowest BCUT2D eigenvalue weighted by atomic mass is 9.73. The molecule has 0 saturated heterocycles. The van der Waals surface area contributed by atoms with Crippen LogP contribution in [0, 0.1) is 17.8 Å². The highest BCUT2D eigenvalue weighted by atomic mass is 19.4. The van der Waals surface area contributed by atoms with E-state index in [1.54, 1.807) is 0 Å². The Morgan fingerprint density at radius 3 is 2.35 bits per heavy atom. The molecule has 1 aliphatic carbocycles. The van der Waals surface area contributed by atoms with Crippen LogP contribution in [0.2, 0.25) is 0 Å². The van der Waals surface area contributed by atoms with E-state index in [2.05, 4.69) is 13.8 Å². The fourth-order valence-corrected chi connectivity index (χ4v) is 2.88. The highest BCUT2D eigenvalue weighted by Crippen LogP contribution is 2.43. The maximum absolute atomic E-state index is 12.9. The molecule has 0 amide bonds. The van der Waals surface area contributed by atoms with Crippen molar-refractivity contribution in [1.29, 1.82) is 0 Å². The highest BCUT2D eigenvalue weighted by Gasteiger charge is 2.47. The third-order valence-corrected chi connectivity index (χ3v) is 4.16. The first kappa shape index (κ1) is 14.8. The van der Waals surface area contributed by atoms with E-state index in [4.69, 9.17) is 5.73 Å². The summed E-state index contributed by atoms with van der Waals surface area (Å²) >= 11 is 0. The molecule has 1 saturated carbocycles. The summed E-state index contributed by atoms with van der Waals surface area (Å²) in [5.74, 6) is -1.12. The molecule has 0 aromatic heterocycles. The minimum absolute atomic E-state index is 0.266. The molecule has 2 N–H and O–H groups in total. The van der Waals surface area contributed by atoms with Crippen molar-refractivity contribution in [3.63, 3.8) is 0 Å². The van der Waals surface area contributed by atoms with Gasteiger partial charge in [0.2, 0.25) is 0 Å². The van der Waals surface area contributed by atoms with Crippen molar-refractivity contribution in [3.8, 4) is 0 Å². The molecule has 0 heterocycles. The minimum atomic E-state index is -4.07. The van der Waals surface area contributed by atoms with Gasteiger partial charge in [-0.15, -0.1) is 0 Å². The Hall–Kier alpha value is -0.250. The van der Waals surface area contributed by atoms with Gasteiger partial charge in [0.1, 0.15) is 0 Å². The number of hydrogen-bond acceptors (Lipinski definition) is 1. The van der Waals surface area contributed by atoms with Crippen LogP contribution in [-0.4, -0.2) is 12.2 Å². The second-order valence-corrected chi connectivity index (χ2v) is 5.51. The summed E-state index contributed by atoms with van der Waals surface area (Å²) in [6.07, 6.45) is 0.120. The number of alkyl halides is 3. The van der Waals surface area contributed by atoms with E-state index < -0.39 is 12.1 Å². The van der Waals surface area contributed by atoms with Crippen LogP contribution in [-0.2, 0) is 0 Å². The van der Waals surface area contributed by atoms with Crippen molar-refractivity contribution in [2.24, 2.45) is 23.5 Å². The summed E-state index contributed by atoms with van der Waals surface area (Å²) in [6, 6.07) is -0.295. The molecule has 102 valence electrons. The molecular weight excluding hydrogens is 227 g/mol. The van der Waals surface area contributed by atoms with Crippen LogP contribution < -0.4 is 5.73 Å². The largest absolute Gasteiger partial charge is 0.392 e. The van der Waals surface area contributed by atoms with E-state index in [-0.39, 0.29) is 18.4 Å². The van der Waals surface area contributed by atoms with Gasteiger partial charge < -0.3 is 5.73 Å². The lowest BCUT2D eigenvalue weighted by Crippen LogP contribution is -2.43. The zero-order chi connectivity index (χ0) is 13.1. The SMILES string of the molecule is CCC(C)CC(N)C1CCCCC1C(F)(F)F. The van der Waals surface area contributed by atoms with E-state index in [1.165, 1.54) is 0 Å². The highest BCUT2D eigenvalue weighted by molar-refractivity contribution is 4.87. The average Bonchev–Trinajstić information content (AvgIpc) is 2.27. The molecule has 0 bridgehead atoms. The Kier molecular flexibility index (Phi) is 5.29. The molecule has 0 aliphatic heterocycles. The summed E-state index contributed by atoms with van der Waals surface area (Å²) in [5.41, 5.74) is 6.01. The van der Waals surface area contributed by atoms with Crippen molar-refractivity contribution < 1.29 is 13.2 Å². The van der Waals surface area contributed by atoms with Crippen molar-refractivity contribution in [2.45, 2.75) is 64.6 Å². The third-order valence-electron chi connectivity index (χ3n) is 4.16. The van der Waals surface area contributed by atoms with Crippen molar-refractivity contribution in [1.82, 2.24) is 0 Å². The first-order chi connectivity index (χ1) is 7.86. The molecule has 0 spiro atoms.